The molecule has 22 heavy (non-hydrogen) atoms. The first-order valence-corrected chi connectivity index (χ1v) is 8.43. The van der Waals surface area contributed by atoms with Gasteiger partial charge in [0, 0.05) is 18.7 Å². The molecule has 0 spiro atoms. The van der Waals surface area contributed by atoms with Gasteiger partial charge < -0.3 is 10.1 Å². The van der Waals surface area contributed by atoms with Crippen molar-refractivity contribution in [3.63, 3.8) is 0 Å². The van der Waals surface area contributed by atoms with E-state index in [9.17, 15) is 12.8 Å². The summed E-state index contributed by atoms with van der Waals surface area (Å²) in [5.41, 5.74) is -0.448. The number of hydrogen-bond acceptors (Lipinski definition) is 4. The van der Waals surface area contributed by atoms with Gasteiger partial charge in [0.2, 0.25) is 10.0 Å². The summed E-state index contributed by atoms with van der Waals surface area (Å²) in [4.78, 5) is -0.444. The fourth-order valence-corrected chi connectivity index (χ4v) is 3.93. The van der Waals surface area contributed by atoms with E-state index in [1.807, 2.05) is 0 Å². The summed E-state index contributed by atoms with van der Waals surface area (Å²) in [6, 6.07) is 3.45. The Labute approximate surface area is 141 Å². The van der Waals surface area contributed by atoms with Crippen molar-refractivity contribution in [3.05, 3.63) is 29.0 Å². The molecule has 1 saturated heterocycles. The van der Waals surface area contributed by atoms with Crippen molar-refractivity contribution in [2.45, 2.75) is 23.3 Å². The molecule has 1 aliphatic heterocycles. The Morgan fingerprint density at radius 2 is 2.23 bits per heavy atom. The third-order valence-electron chi connectivity index (χ3n) is 3.54. The maximum Gasteiger partial charge on any atom is 0.243 e. The second-order valence-corrected chi connectivity index (χ2v) is 7.31. The molecule has 1 heterocycles. The maximum atomic E-state index is 13.7. The average Bonchev–Trinajstić information content (AvgIpc) is 2.89. The molecule has 0 aliphatic carbocycles. The van der Waals surface area contributed by atoms with Crippen molar-refractivity contribution in [1.29, 1.82) is 0 Å². The van der Waals surface area contributed by atoms with Crippen LogP contribution in [-0.2, 0) is 14.8 Å². The van der Waals surface area contributed by atoms with Gasteiger partial charge in [-0.05, 0) is 37.6 Å². The number of sulfonamides is 1. The van der Waals surface area contributed by atoms with E-state index in [2.05, 4.69) is 10.0 Å². The second kappa shape index (κ2) is 7.90. The first-order valence-electron chi connectivity index (χ1n) is 6.57. The van der Waals surface area contributed by atoms with E-state index in [0.717, 1.165) is 31.5 Å². The lowest BCUT2D eigenvalue weighted by molar-refractivity contribution is 0.122. The first kappa shape index (κ1) is 19.6. The molecule has 2 N–H and O–H groups in total. The summed E-state index contributed by atoms with van der Waals surface area (Å²) < 4.78 is 45.7. The minimum Gasteiger partial charge on any atom is -0.383 e. The molecule has 0 bridgehead atoms. The van der Waals surface area contributed by atoms with Crippen molar-refractivity contribution < 1.29 is 17.5 Å². The van der Waals surface area contributed by atoms with Gasteiger partial charge in [-0.1, -0.05) is 11.6 Å². The Bertz CT molecular complexity index is 607. The van der Waals surface area contributed by atoms with E-state index in [1.165, 1.54) is 6.07 Å². The molecule has 1 aromatic carbocycles. The number of ether oxygens (including phenoxy) is 1. The molecule has 1 aliphatic rings. The molecule has 1 fully saturated rings. The van der Waals surface area contributed by atoms with Crippen LogP contribution in [0, 0.1) is 5.82 Å². The molecule has 126 valence electrons. The quantitative estimate of drug-likeness (QED) is 0.800. The normalized spacial score (nSPS) is 21.6. The van der Waals surface area contributed by atoms with Gasteiger partial charge in [0.1, 0.15) is 10.7 Å². The fourth-order valence-electron chi connectivity index (χ4n) is 2.46. The molecular formula is C13H19Cl2FN2O3S. The highest BCUT2D eigenvalue weighted by molar-refractivity contribution is 7.89. The summed E-state index contributed by atoms with van der Waals surface area (Å²) in [5.74, 6) is -0.827. The Kier molecular flexibility index (Phi) is 7.04. The third kappa shape index (κ3) is 4.53. The Morgan fingerprint density at radius 3 is 2.82 bits per heavy atom. The van der Waals surface area contributed by atoms with Crippen LogP contribution in [0.15, 0.2) is 23.1 Å². The lowest BCUT2D eigenvalue weighted by Gasteiger charge is -2.28. The molecule has 0 amide bonds. The summed E-state index contributed by atoms with van der Waals surface area (Å²) in [6.45, 7) is 1.32. The van der Waals surface area contributed by atoms with Gasteiger partial charge in [-0.25, -0.2) is 17.5 Å². The maximum absolute atomic E-state index is 13.7. The highest BCUT2D eigenvalue weighted by atomic mass is 35.5. The van der Waals surface area contributed by atoms with E-state index in [4.69, 9.17) is 16.3 Å². The summed E-state index contributed by atoms with van der Waals surface area (Å²) in [5, 5.41) is 3.42. The number of nitrogens with one attached hydrogen (secondary N) is 2. The van der Waals surface area contributed by atoms with Crippen LogP contribution in [-0.4, -0.2) is 40.8 Å². The molecule has 0 aromatic heterocycles. The zero-order valence-corrected chi connectivity index (χ0v) is 14.5. The molecule has 0 saturated carbocycles. The lowest BCUT2D eigenvalue weighted by atomic mass is 9.99. The van der Waals surface area contributed by atoms with Crippen LogP contribution in [0.1, 0.15) is 12.8 Å². The standard InChI is InChI=1S/C13H18ClFN2O3S.ClH/c1-20-9-13(5-2-6-16-13)8-17-21(18,19)12-7-10(14)3-4-11(12)15;/h3-4,7,16-17H,2,5-6,8-9H2,1H3;1H. The number of methoxy groups -OCH3 is 1. The predicted molar refractivity (Wildman–Crippen MR) is 85.7 cm³/mol. The Balaban J connectivity index is 0.00000242. The fraction of sp³-hybridized carbons (Fsp3) is 0.538. The molecular weight excluding hydrogens is 354 g/mol. The van der Waals surface area contributed by atoms with Gasteiger partial charge in [0.25, 0.3) is 0 Å². The number of benzene rings is 1. The van der Waals surface area contributed by atoms with E-state index < -0.39 is 26.3 Å². The smallest absolute Gasteiger partial charge is 0.243 e. The van der Waals surface area contributed by atoms with Crippen molar-refractivity contribution in [2.75, 3.05) is 26.8 Å². The van der Waals surface area contributed by atoms with Crippen LogP contribution in [0.4, 0.5) is 4.39 Å². The van der Waals surface area contributed by atoms with E-state index >= 15 is 0 Å². The van der Waals surface area contributed by atoms with Gasteiger partial charge in [-0.3, -0.25) is 0 Å². The van der Waals surface area contributed by atoms with Crippen molar-refractivity contribution in [1.82, 2.24) is 10.0 Å². The predicted octanol–water partition coefficient (Wildman–Crippen LogP) is 1.95. The monoisotopic (exact) mass is 372 g/mol. The number of hydrogen-bond donors (Lipinski definition) is 2. The second-order valence-electron chi connectivity index (χ2n) is 5.14. The zero-order chi connectivity index (χ0) is 15.5. The number of halogens is 3. The van der Waals surface area contributed by atoms with E-state index in [-0.39, 0.29) is 24.0 Å². The molecule has 9 heteroatoms. The van der Waals surface area contributed by atoms with Gasteiger partial charge >= 0.3 is 0 Å². The van der Waals surface area contributed by atoms with E-state index in [0.29, 0.717) is 6.61 Å². The SMILES string of the molecule is COCC1(CNS(=O)(=O)c2cc(Cl)ccc2F)CCCN1.Cl. The van der Waals surface area contributed by atoms with Crippen LogP contribution in [0.2, 0.25) is 5.02 Å². The summed E-state index contributed by atoms with van der Waals surface area (Å²) >= 11 is 5.74. The highest BCUT2D eigenvalue weighted by Crippen LogP contribution is 2.22. The van der Waals surface area contributed by atoms with Gasteiger partial charge in [0.15, 0.2) is 0 Å². The van der Waals surface area contributed by atoms with Gasteiger partial charge in [-0.15, -0.1) is 12.4 Å². The van der Waals surface area contributed by atoms with Crippen LogP contribution in [0.5, 0.6) is 0 Å². The molecule has 0 radical (unpaired) electrons. The summed E-state index contributed by atoms with van der Waals surface area (Å²) in [7, 11) is -2.40. The van der Waals surface area contributed by atoms with Crippen LogP contribution in [0.25, 0.3) is 0 Å². The molecule has 2 rings (SSSR count). The largest absolute Gasteiger partial charge is 0.383 e. The minimum absolute atomic E-state index is 0. The van der Waals surface area contributed by atoms with Crippen molar-refractivity contribution in [3.8, 4) is 0 Å². The summed E-state index contributed by atoms with van der Waals surface area (Å²) in [6.07, 6.45) is 1.73. The van der Waals surface area contributed by atoms with Gasteiger partial charge in [-0.2, -0.15) is 0 Å². The van der Waals surface area contributed by atoms with Crippen molar-refractivity contribution in [2.24, 2.45) is 0 Å². The molecule has 5 nitrogen and oxygen atoms in total. The molecule has 1 aromatic rings. The molecule has 1 atom stereocenters. The molecule has 1 unspecified atom stereocenters. The highest BCUT2D eigenvalue weighted by Gasteiger charge is 2.35. The lowest BCUT2D eigenvalue weighted by Crippen LogP contribution is -2.52. The average molecular weight is 373 g/mol. The van der Waals surface area contributed by atoms with Crippen LogP contribution in [0.3, 0.4) is 0 Å². The van der Waals surface area contributed by atoms with Crippen LogP contribution < -0.4 is 10.0 Å². The Hall–Kier alpha value is -0.440. The number of rotatable bonds is 6. The van der Waals surface area contributed by atoms with Crippen LogP contribution >= 0.6 is 24.0 Å². The first-order chi connectivity index (χ1) is 9.88. The minimum atomic E-state index is -3.96. The van der Waals surface area contributed by atoms with E-state index in [1.54, 1.807) is 7.11 Å². The Morgan fingerprint density at radius 1 is 1.50 bits per heavy atom. The zero-order valence-electron chi connectivity index (χ0n) is 12.1. The topological polar surface area (TPSA) is 67.4 Å². The third-order valence-corrected chi connectivity index (χ3v) is 5.19. The van der Waals surface area contributed by atoms with Crippen molar-refractivity contribution >= 4 is 34.0 Å². The van der Waals surface area contributed by atoms with Gasteiger partial charge in [0.05, 0.1) is 12.1 Å².